The standard InChI is InChI=1S/C20H22N6O3/c1-26-11-14-18(25-26)16(27)6-4-2-3-5-8-21-17-10-13(7-9-22-17)20-24-15(12-29-20)19(28)23-14/h7,9-12H,2-6,8H2,1H3,(H,21,22)(H,23,28). The smallest absolute Gasteiger partial charge is 0.277 e. The van der Waals surface area contributed by atoms with Crippen molar-refractivity contribution in [3.8, 4) is 11.5 Å². The molecule has 0 saturated heterocycles. The number of carbonyl (C=O) groups excluding carboxylic acids is 2. The summed E-state index contributed by atoms with van der Waals surface area (Å²) in [5.74, 6) is 0.503. The third-order valence-electron chi connectivity index (χ3n) is 4.72. The molecule has 0 aliphatic carbocycles. The molecule has 0 aromatic carbocycles. The van der Waals surface area contributed by atoms with Crippen LogP contribution in [0.4, 0.5) is 11.5 Å². The molecule has 4 rings (SSSR count). The second-order valence-electron chi connectivity index (χ2n) is 7.00. The Hall–Kier alpha value is -3.49. The molecule has 1 aliphatic rings. The number of ketones is 1. The summed E-state index contributed by atoms with van der Waals surface area (Å²) in [5, 5.41) is 10.2. The summed E-state index contributed by atoms with van der Waals surface area (Å²) in [7, 11) is 1.71. The van der Waals surface area contributed by atoms with Crippen LogP contribution in [0.25, 0.3) is 11.5 Å². The second-order valence-corrected chi connectivity index (χ2v) is 7.00. The number of amides is 1. The lowest BCUT2D eigenvalue weighted by Gasteiger charge is -2.07. The molecule has 9 nitrogen and oxygen atoms in total. The number of pyridine rings is 1. The molecule has 150 valence electrons. The molecule has 29 heavy (non-hydrogen) atoms. The minimum absolute atomic E-state index is 0.0832. The highest BCUT2D eigenvalue weighted by molar-refractivity contribution is 6.07. The summed E-state index contributed by atoms with van der Waals surface area (Å²) in [6, 6.07) is 3.61. The Bertz CT molecular complexity index is 1040. The van der Waals surface area contributed by atoms with Crippen molar-refractivity contribution in [2.75, 3.05) is 17.2 Å². The summed E-state index contributed by atoms with van der Waals surface area (Å²) in [4.78, 5) is 33.8. The first kappa shape index (κ1) is 18.9. The number of nitrogens with zero attached hydrogens (tertiary/aromatic N) is 4. The van der Waals surface area contributed by atoms with Gasteiger partial charge in [0.1, 0.15) is 12.1 Å². The number of aryl methyl sites for hydroxylation is 1. The fraction of sp³-hybridized carbons (Fsp3) is 0.350. The molecule has 0 saturated carbocycles. The van der Waals surface area contributed by atoms with E-state index in [2.05, 4.69) is 25.7 Å². The minimum atomic E-state index is -0.462. The molecule has 2 N–H and O–H groups in total. The summed E-state index contributed by atoms with van der Waals surface area (Å²) in [6.45, 7) is 0.786. The van der Waals surface area contributed by atoms with Crippen molar-refractivity contribution in [1.29, 1.82) is 0 Å². The molecule has 4 heterocycles. The topological polar surface area (TPSA) is 115 Å². The molecule has 9 heteroatoms. The normalized spacial score (nSPS) is 15.6. The lowest BCUT2D eigenvalue weighted by molar-refractivity contribution is 0.0974. The zero-order valence-electron chi connectivity index (χ0n) is 16.1. The Kier molecular flexibility index (Phi) is 5.37. The maximum atomic E-state index is 12.6. The van der Waals surface area contributed by atoms with Crippen molar-refractivity contribution in [3.05, 3.63) is 42.2 Å². The van der Waals surface area contributed by atoms with E-state index in [0.717, 1.165) is 43.6 Å². The third kappa shape index (κ3) is 4.34. The number of fused-ring (bicyclic) bond motifs is 6. The molecule has 0 fully saturated rings. The molecule has 0 radical (unpaired) electrons. The number of oxazole rings is 1. The number of anilines is 2. The van der Waals surface area contributed by atoms with E-state index >= 15 is 0 Å². The van der Waals surface area contributed by atoms with Crippen LogP contribution in [-0.2, 0) is 7.05 Å². The van der Waals surface area contributed by atoms with E-state index in [1.807, 2.05) is 6.07 Å². The van der Waals surface area contributed by atoms with E-state index in [1.165, 1.54) is 10.9 Å². The molecule has 1 amide bonds. The fourth-order valence-corrected chi connectivity index (χ4v) is 3.24. The van der Waals surface area contributed by atoms with E-state index < -0.39 is 5.91 Å². The van der Waals surface area contributed by atoms with Gasteiger partial charge in [-0.3, -0.25) is 14.3 Å². The van der Waals surface area contributed by atoms with E-state index in [9.17, 15) is 9.59 Å². The lowest BCUT2D eigenvalue weighted by atomic mass is 10.1. The molecule has 3 aromatic heterocycles. The van der Waals surface area contributed by atoms with Crippen molar-refractivity contribution < 1.29 is 14.0 Å². The number of rotatable bonds is 0. The van der Waals surface area contributed by atoms with Crippen LogP contribution in [0.2, 0.25) is 0 Å². The number of nitrogens with one attached hydrogen (secondary N) is 2. The zero-order valence-corrected chi connectivity index (χ0v) is 16.1. The van der Waals surface area contributed by atoms with Gasteiger partial charge in [-0.05, 0) is 25.0 Å². The van der Waals surface area contributed by atoms with Crippen molar-refractivity contribution in [1.82, 2.24) is 19.7 Å². The summed E-state index contributed by atoms with van der Waals surface area (Å²) < 4.78 is 7.01. The maximum Gasteiger partial charge on any atom is 0.277 e. The van der Waals surface area contributed by atoms with Crippen LogP contribution < -0.4 is 10.6 Å². The van der Waals surface area contributed by atoms with Gasteiger partial charge in [-0.15, -0.1) is 0 Å². The fourth-order valence-electron chi connectivity index (χ4n) is 3.24. The first-order chi connectivity index (χ1) is 14.1. The lowest BCUT2D eigenvalue weighted by Crippen LogP contribution is -2.14. The molecule has 1 aliphatic heterocycles. The van der Waals surface area contributed by atoms with Crippen molar-refractivity contribution in [2.24, 2.45) is 7.05 Å². The number of hydrogen-bond donors (Lipinski definition) is 2. The van der Waals surface area contributed by atoms with Gasteiger partial charge >= 0.3 is 0 Å². The van der Waals surface area contributed by atoms with Crippen LogP contribution in [0.3, 0.4) is 0 Å². The van der Waals surface area contributed by atoms with Crippen molar-refractivity contribution in [2.45, 2.75) is 32.1 Å². The zero-order chi connectivity index (χ0) is 20.2. The number of hydrogen-bond acceptors (Lipinski definition) is 7. The first-order valence-corrected chi connectivity index (χ1v) is 9.64. The van der Waals surface area contributed by atoms with E-state index in [4.69, 9.17) is 4.42 Å². The van der Waals surface area contributed by atoms with Crippen LogP contribution >= 0.6 is 0 Å². The first-order valence-electron chi connectivity index (χ1n) is 9.64. The maximum absolute atomic E-state index is 12.6. The Morgan fingerprint density at radius 1 is 1.17 bits per heavy atom. The van der Waals surface area contributed by atoms with Gasteiger partial charge in [-0.1, -0.05) is 12.8 Å². The van der Waals surface area contributed by atoms with Crippen LogP contribution in [-0.4, -0.2) is 38.0 Å². The molecule has 3 aromatic rings. The van der Waals surface area contributed by atoms with Crippen molar-refractivity contribution in [3.63, 3.8) is 0 Å². The summed E-state index contributed by atoms with van der Waals surface area (Å²) >= 11 is 0. The molecule has 0 spiro atoms. The van der Waals surface area contributed by atoms with E-state index in [-0.39, 0.29) is 17.2 Å². The molecule has 4 bridgehead atoms. The summed E-state index contributed by atoms with van der Waals surface area (Å²) in [5.41, 5.74) is 1.49. The Morgan fingerprint density at radius 2 is 2.03 bits per heavy atom. The number of Topliss-reactive ketones (excluding diaryl/α,β-unsaturated/α-hetero) is 1. The van der Waals surface area contributed by atoms with Gasteiger partial charge in [0.05, 0.1) is 5.69 Å². The van der Waals surface area contributed by atoms with Crippen LogP contribution in [0.5, 0.6) is 0 Å². The molecular formula is C20H22N6O3. The highest BCUT2D eigenvalue weighted by Crippen LogP contribution is 2.23. The van der Waals surface area contributed by atoms with Crippen LogP contribution in [0.1, 0.15) is 53.1 Å². The predicted octanol–water partition coefficient (Wildman–Crippen LogP) is 3.28. The second kappa shape index (κ2) is 8.26. The largest absolute Gasteiger partial charge is 0.444 e. The van der Waals surface area contributed by atoms with Gasteiger partial charge in [-0.25, -0.2) is 9.97 Å². The van der Waals surface area contributed by atoms with Gasteiger partial charge in [-0.2, -0.15) is 5.10 Å². The highest BCUT2D eigenvalue weighted by Gasteiger charge is 2.20. The van der Waals surface area contributed by atoms with Gasteiger partial charge in [0.2, 0.25) is 5.89 Å². The average molecular weight is 394 g/mol. The van der Waals surface area contributed by atoms with Crippen molar-refractivity contribution >= 4 is 23.2 Å². The Labute approximate surface area is 167 Å². The molecule has 0 atom stereocenters. The van der Waals surface area contributed by atoms with Gasteiger partial charge in [0.25, 0.3) is 5.91 Å². The van der Waals surface area contributed by atoms with Crippen LogP contribution in [0, 0.1) is 0 Å². The Morgan fingerprint density at radius 3 is 2.93 bits per heavy atom. The molecule has 0 unspecified atom stereocenters. The number of aromatic nitrogens is 4. The predicted molar refractivity (Wildman–Crippen MR) is 107 cm³/mol. The monoisotopic (exact) mass is 394 g/mol. The summed E-state index contributed by atoms with van der Waals surface area (Å²) in [6.07, 6.45) is 8.70. The highest BCUT2D eigenvalue weighted by atomic mass is 16.3. The van der Waals surface area contributed by atoms with Crippen LogP contribution in [0.15, 0.2) is 35.2 Å². The van der Waals surface area contributed by atoms with E-state index in [1.54, 1.807) is 25.5 Å². The SMILES string of the molecule is Cn1cc2c(n1)C(=O)CCCCCCNc1cc(ccn1)-c1nc(co1)C(=O)N2. The van der Waals surface area contributed by atoms with Gasteiger partial charge < -0.3 is 15.1 Å². The molecular weight excluding hydrogens is 372 g/mol. The Balaban J connectivity index is 1.64. The average Bonchev–Trinajstić information content (AvgIpc) is 3.34. The van der Waals surface area contributed by atoms with Gasteiger partial charge in [0.15, 0.2) is 17.2 Å². The number of carbonyl (C=O) groups is 2. The van der Waals surface area contributed by atoms with E-state index in [0.29, 0.717) is 18.0 Å². The van der Waals surface area contributed by atoms with Gasteiger partial charge in [0, 0.05) is 38.0 Å². The minimum Gasteiger partial charge on any atom is -0.444 e. The third-order valence-corrected chi connectivity index (χ3v) is 4.72. The quantitative estimate of drug-likeness (QED) is 0.601.